The number of hydrogen-bond donors (Lipinski definition) is 1. The van der Waals surface area contributed by atoms with Crippen LogP contribution in [0.5, 0.6) is 0 Å². The summed E-state index contributed by atoms with van der Waals surface area (Å²) in [5.74, 6) is 0.166. The minimum atomic E-state index is 0.0694. The zero-order chi connectivity index (χ0) is 11.3. The lowest BCUT2D eigenvalue weighted by Gasteiger charge is -2.12. The van der Waals surface area contributed by atoms with Crippen molar-refractivity contribution in [3.63, 3.8) is 0 Å². The van der Waals surface area contributed by atoms with E-state index in [0.717, 1.165) is 17.0 Å². The number of thioether (sulfide) groups is 1. The molecule has 0 bridgehead atoms. The number of benzene rings is 1. The molecule has 0 saturated carbocycles. The summed E-state index contributed by atoms with van der Waals surface area (Å²) in [6.07, 6.45) is 2.88. The lowest BCUT2D eigenvalue weighted by atomic mass is 10.1. The normalized spacial score (nSPS) is 12.2. The molecule has 1 aromatic carbocycles. The Morgan fingerprint density at radius 2 is 2.13 bits per heavy atom. The summed E-state index contributed by atoms with van der Waals surface area (Å²) in [5, 5.41) is 2.95. The van der Waals surface area contributed by atoms with Crippen molar-refractivity contribution < 1.29 is 4.79 Å². The van der Waals surface area contributed by atoms with Crippen LogP contribution in [-0.4, -0.2) is 12.2 Å². The molecule has 0 saturated heterocycles. The first-order chi connectivity index (χ1) is 7.19. The molecule has 1 N–H and O–H groups in total. The summed E-state index contributed by atoms with van der Waals surface area (Å²) in [6, 6.07) is 7.86. The molecule has 82 valence electrons. The van der Waals surface area contributed by atoms with E-state index in [1.54, 1.807) is 11.8 Å². The summed E-state index contributed by atoms with van der Waals surface area (Å²) in [5.41, 5.74) is 0.912. The average Bonchev–Trinajstić information content (AvgIpc) is 2.28. The second-order valence-electron chi connectivity index (χ2n) is 3.50. The Hall–Kier alpha value is -0.960. The fourth-order valence-corrected chi connectivity index (χ4v) is 1.74. The summed E-state index contributed by atoms with van der Waals surface area (Å²) < 4.78 is 0. The predicted molar refractivity (Wildman–Crippen MR) is 66.3 cm³/mol. The van der Waals surface area contributed by atoms with Crippen molar-refractivity contribution in [2.45, 2.75) is 25.2 Å². The lowest BCUT2D eigenvalue weighted by Crippen LogP contribution is -2.19. The van der Waals surface area contributed by atoms with Gasteiger partial charge in [0.05, 0.1) is 5.69 Å². The van der Waals surface area contributed by atoms with Crippen LogP contribution in [-0.2, 0) is 4.79 Å². The summed E-state index contributed by atoms with van der Waals surface area (Å²) in [7, 11) is 0. The Labute approximate surface area is 95.5 Å². The molecule has 2 nitrogen and oxygen atoms in total. The number of anilines is 1. The van der Waals surface area contributed by atoms with E-state index in [4.69, 9.17) is 0 Å². The second-order valence-corrected chi connectivity index (χ2v) is 4.35. The molecule has 1 unspecified atom stereocenters. The van der Waals surface area contributed by atoms with Crippen LogP contribution in [0.1, 0.15) is 20.3 Å². The molecule has 0 aliphatic carbocycles. The van der Waals surface area contributed by atoms with Crippen molar-refractivity contribution in [2.75, 3.05) is 11.6 Å². The number of amides is 1. The van der Waals surface area contributed by atoms with E-state index < -0.39 is 0 Å². The van der Waals surface area contributed by atoms with E-state index in [9.17, 15) is 4.79 Å². The number of carbonyl (C=O) groups is 1. The van der Waals surface area contributed by atoms with Gasteiger partial charge in [0.15, 0.2) is 0 Å². The number of nitrogens with one attached hydrogen (secondary N) is 1. The van der Waals surface area contributed by atoms with E-state index in [0.29, 0.717) is 0 Å². The molecule has 0 aromatic heterocycles. The van der Waals surface area contributed by atoms with Gasteiger partial charge in [-0.2, -0.15) is 0 Å². The first kappa shape index (κ1) is 12.1. The molecule has 0 aliphatic heterocycles. The van der Waals surface area contributed by atoms with Crippen molar-refractivity contribution in [1.82, 2.24) is 0 Å². The molecule has 1 atom stereocenters. The van der Waals surface area contributed by atoms with Gasteiger partial charge in [-0.15, -0.1) is 11.8 Å². The van der Waals surface area contributed by atoms with E-state index in [-0.39, 0.29) is 11.8 Å². The van der Waals surface area contributed by atoms with Crippen LogP contribution in [0.15, 0.2) is 29.2 Å². The van der Waals surface area contributed by atoms with Crippen LogP contribution in [0.25, 0.3) is 0 Å². The Morgan fingerprint density at radius 3 is 2.73 bits per heavy atom. The van der Waals surface area contributed by atoms with Gasteiger partial charge in [0.2, 0.25) is 5.91 Å². The molecule has 15 heavy (non-hydrogen) atoms. The summed E-state index contributed by atoms with van der Waals surface area (Å²) in [4.78, 5) is 12.8. The van der Waals surface area contributed by atoms with Crippen molar-refractivity contribution in [2.24, 2.45) is 5.92 Å². The maximum Gasteiger partial charge on any atom is 0.227 e. The van der Waals surface area contributed by atoms with E-state index in [1.807, 2.05) is 44.4 Å². The Bertz CT molecular complexity index is 338. The van der Waals surface area contributed by atoms with Crippen LogP contribution < -0.4 is 5.32 Å². The fourth-order valence-electron chi connectivity index (χ4n) is 1.19. The number of para-hydroxylation sites is 1. The first-order valence-electron chi connectivity index (χ1n) is 5.13. The molecular formula is C12H17NOS. The molecule has 0 heterocycles. The van der Waals surface area contributed by atoms with Crippen LogP contribution in [0.4, 0.5) is 5.69 Å². The highest BCUT2D eigenvalue weighted by Gasteiger charge is 2.11. The quantitative estimate of drug-likeness (QED) is 0.793. The zero-order valence-electron chi connectivity index (χ0n) is 9.41. The minimum absolute atomic E-state index is 0.0694. The van der Waals surface area contributed by atoms with Crippen molar-refractivity contribution in [3.05, 3.63) is 24.3 Å². The van der Waals surface area contributed by atoms with Crippen LogP contribution in [0.3, 0.4) is 0 Å². The Morgan fingerprint density at radius 1 is 1.47 bits per heavy atom. The Balaban J connectivity index is 2.76. The van der Waals surface area contributed by atoms with E-state index >= 15 is 0 Å². The molecule has 1 rings (SSSR count). The third kappa shape index (κ3) is 3.27. The van der Waals surface area contributed by atoms with E-state index in [2.05, 4.69) is 5.32 Å². The van der Waals surface area contributed by atoms with Crippen LogP contribution in [0.2, 0.25) is 0 Å². The molecule has 0 spiro atoms. The monoisotopic (exact) mass is 223 g/mol. The maximum atomic E-state index is 11.7. The highest BCUT2D eigenvalue weighted by Crippen LogP contribution is 2.25. The van der Waals surface area contributed by atoms with Crippen LogP contribution >= 0.6 is 11.8 Å². The smallest absolute Gasteiger partial charge is 0.227 e. The van der Waals surface area contributed by atoms with Gasteiger partial charge in [0.1, 0.15) is 0 Å². The molecule has 1 aromatic rings. The van der Waals surface area contributed by atoms with Gasteiger partial charge in [-0.1, -0.05) is 26.0 Å². The number of hydrogen-bond acceptors (Lipinski definition) is 2. The number of rotatable bonds is 4. The van der Waals surface area contributed by atoms with Crippen LogP contribution in [0, 0.1) is 5.92 Å². The highest BCUT2D eigenvalue weighted by molar-refractivity contribution is 7.98. The van der Waals surface area contributed by atoms with Gasteiger partial charge in [-0.05, 0) is 24.8 Å². The van der Waals surface area contributed by atoms with Gasteiger partial charge in [0, 0.05) is 10.8 Å². The molecule has 1 amide bonds. The van der Waals surface area contributed by atoms with Gasteiger partial charge in [-0.25, -0.2) is 0 Å². The summed E-state index contributed by atoms with van der Waals surface area (Å²) >= 11 is 1.64. The minimum Gasteiger partial charge on any atom is -0.325 e. The third-order valence-corrected chi connectivity index (χ3v) is 3.22. The second kappa shape index (κ2) is 5.81. The predicted octanol–water partition coefficient (Wildman–Crippen LogP) is 3.39. The molecule has 3 heteroatoms. The fraction of sp³-hybridized carbons (Fsp3) is 0.417. The van der Waals surface area contributed by atoms with Gasteiger partial charge >= 0.3 is 0 Å². The molecule has 0 radical (unpaired) electrons. The lowest BCUT2D eigenvalue weighted by molar-refractivity contribution is -0.119. The zero-order valence-corrected chi connectivity index (χ0v) is 10.2. The SMILES string of the molecule is CCC(C)C(=O)Nc1ccccc1SC. The largest absolute Gasteiger partial charge is 0.325 e. The van der Waals surface area contributed by atoms with Gasteiger partial charge in [-0.3, -0.25) is 4.79 Å². The number of carbonyl (C=O) groups excluding carboxylic acids is 1. The topological polar surface area (TPSA) is 29.1 Å². The van der Waals surface area contributed by atoms with Crippen molar-refractivity contribution in [1.29, 1.82) is 0 Å². The summed E-state index contributed by atoms with van der Waals surface area (Å²) in [6.45, 7) is 3.96. The average molecular weight is 223 g/mol. The maximum absolute atomic E-state index is 11.7. The van der Waals surface area contributed by atoms with Gasteiger partial charge in [0.25, 0.3) is 0 Å². The standard InChI is InChI=1S/C12H17NOS/c1-4-9(2)12(14)13-10-7-5-6-8-11(10)15-3/h5-9H,4H2,1-3H3,(H,13,14). The van der Waals surface area contributed by atoms with Crippen molar-refractivity contribution in [3.8, 4) is 0 Å². The highest BCUT2D eigenvalue weighted by atomic mass is 32.2. The third-order valence-electron chi connectivity index (χ3n) is 2.42. The molecular weight excluding hydrogens is 206 g/mol. The van der Waals surface area contributed by atoms with E-state index in [1.165, 1.54) is 0 Å². The van der Waals surface area contributed by atoms with Crippen molar-refractivity contribution >= 4 is 23.4 Å². The Kier molecular flexibility index (Phi) is 4.69. The molecule has 0 fully saturated rings. The molecule has 0 aliphatic rings. The first-order valence-corrected chi connectivity index (χ1v) is 6.35. The van der Waals surface area contributed by atoms with Gasteiger partial charge < -0.3 is 5.32 Å².